The molecule has 0 saturated carbocycles. The Labute approximate surface area is 158 Å². The number of nitrogens with zero attached hydrogens (tertiary/aromatic N) is 2. The number of aromatic carboxylic acids is 1. The molecule has 0 fully saturated rings. The third-order valence-corrected chi connectivity index (χ3v) is 5.09. The van der Waals surface area contributed by atoms with Crippen molar-refractivity contribution in [1.82, 2.24) is 9.55 Å². The average Bonchev–Trinajstić information content (AvgIpc) is 2.87. The van der Waals surface area contributed by atoms with Gasteiger partial charge in [0.15, 0.2) is 0 Å². The molecule has 0 unspecified atom stereocenters. The fourth-order valence-corrected chi connectivity index (χ4v) is 3.54. The molecule has 2 aromatic carbocycles. The van der Waals surface area contributed by atoms with Crippen LogP contribution in [0.3, 0.4) is 0 Å². The largest absolute Gasteiger partial charge is 0.491 e. The van der Waals surface area contributed by atoms with E-state index in [1.165, 1.54) is 5.56 Å². The summed E-state index contributed by atoms with van der Waals surface area (Å²) in [7, 11) is 0. The molecule has 5 nitrogen and oxygen atoms in total. The van der Waals surface area contributed by atoms with Crippen LogP contribution in [0.2, 0.25) is 0 Å². The van der Waals surface area contributed by atoms with E-state index in [0.29, 0.717) is 24.8 Å². The van der Waals surface area contributed by atoms with Gasteiger partial charge in [-0.1, -0.05) is 32.0 Å². The Bertz CT molecular complexity index is 1030. The lowest BCUT2D eigenvalue weighted by Gasteiger charge is -2.09. The first-order valence-electron chi connectivity index (χ1n) is 9.13. The standard InChI is InChI=1S/C22H22N2O3/c1-13(2)15-5-4-6-16(11-15)20-14(3)24-9-10-27-19-12-17(22(25)26)7-8-18(19)21(24)23-20/h4-8,11-13H,9-10H2,1-3H3,(H,25,26). The maximum Gasteiger partial charge on any atom is 0.335 e. The van der Waals surface area contributed by atoms with Crippen LogP contribution in [0, 0.1) is 6.92 Å². The quantitative estimate of drug-likeness (QED) is 0.731. The van der Waals surface area contributed by atoms with Crippen LogP contribution in [0.1, 0.15) is 41.4 Å². The van der Waals surface area contributed by atoms with E-state index in [9.17, 15) is 9.90 Å². The van der Waals surface area contributed by atoms with Crippen molar-refractivity contribution in [3.05, 3.63) is 59.3 Å². The predicted octanol–water partition coefficient (Wildman–Crippen LogP) is 4.74. The van der Waals surface area contributed by atoms with E-state index < -0.39 is 5.97 Å². The molecule has 3 aromatic rings. The Morgan fingerprint density at radius 1 is 1.22 bits per heavy atom. The fraction of sp³-hybridized carbons (Fsp3) is 0.273. The van der Waals surface area contributed by atoms with Gasteiger partial charge in [0.1, 0.15) is 18.2 Å². The van der Waals surface area contributed by atoms with Crippen molar-refractivity contribution in [1.29, 1.82) is 0 Å². The lowest BCUT2D eigenvalue weighted by Crippen LogP contribution is -2.07. The van der Waals surface area contributed by atoms with Crippen molar-refractivity contribution < 1.29 is 14.6 Å². The minimum atomic E-state index is -0.962. The normalized spacial score (nSPS) is 12.9. The molecule has 0 atom stereocenters. The number of rotatable bonds is 3. The van der Waals surface area contributed by atoms with Crippen LogP contribution in [0.4, 0.5) is 0 Å². The van der Waals surface area contributed by atoms with Gasteiger partial charge in [-0.15, -0.1) is 0 Å². The van der Waals surface area contributed by atoms with Crippen molar-refractivity contribution in [3.63, 3.8) is 0 Å². The van der Waals surface area contributed by atoms with Gasteiger partial charge < -0.3 is 14.4 Å². The van der Waals surface area contributed by atoms with E-state index in [1.54, 1.807) is 18.2 Å². The number of carboxylic acids is 1. The Kier molecular flexibility index (Phi) is 4.22. The van der Waals surface area contributed by atoms with Crippen LogP contribution in [0.5, 0.6) is 5.75 Å². The molecule has 1 N–H and O–H groups in total. The van der Waals surface area contributed by atoms with E-state index in [4.69, 9.17) is 9.72 Å². The molecule has 1 aliphatic rings. The molecule has 27 heavy (non-hydrogen) atoms. The highest BCUT2D eigenvalue weighted by Gasteiger charge is 2.23. The SMILES string of the molecule is Cc1c(-c2cccc(C(C)C)c2)nc2n1CCOc1cc(C(=O)O)ccc1-2. The molecule has 0 spiro atoms. The van der Waals surface area contributed by atoms with Gasteiger partial charge in [-0.25, -0.2) is 9.78 Å². The maximum absolute atomic E-state index is 11.3. The number of benzene rings is 2. The molecule has 5 heteroatoms. The Morgan fingerprint density at radius 3 is 2.78 bits per heavy atom. The molecule has 0 radical (unpaired) electrons. The molecule has 4 rings (SSSR count). The lowest BCUT2D eigenvalue weighted by atomic mass is 9.99. The first-order chi connectivity index (χ1) is 13.0. The molecule has 0 saturated heterocycles. The van der Waals surface area contributed by atoms with Crippen LogP contribution in [-0.2, 0) is 6.54 Å². The van der Waals surface area contributed by atoms with Gasteiger partial charge in [-0.2, -0.15) is 0 Å². The second-order valence-corrected chi connectivity index (χ2v) is 7.17. The molecule has 0 amide bonds. The van der Waals surface area contributed by atoms with Gasteiger partial charge in [0, 0.05) is 11.3 Å². The topological polar surface area (TPSA) is 64.4 Å². The van der Waals surface area contributed by atoms with Gasteiger partial charge in [0.25, 0.3) is 0 Å². The predicted molar refractivity (Wildman–Crippen MR) is 104 cm³/mol. The van der Waals surface area contributed by atoms with Crippen molar-refractivity contribution in [2.24, 2.45) is 0 Å². The highest BCUT2D eigenvalue weighted by Crippen LogP contribution is 2.37. The number of aromatic nitrogens is 2. The highest BCUT2D eigenvalue weighted by molar-refractivity contribution is 5.89. The number of carbonyl (C=O) groups is 1. The zero-order valence-electron chi connectivity index (χ0n) is 15.7. The fourth-order valence-electron chi connectivity index (χ4n) is 3.54. The summed E-state index contributed by atoms with van der Waals surface area (Å²) in [5.41, 5.74) is 5.48. The number of imidazole rings is 1. The zero-order chi connectivity index (χ0) is 19.1. The lowest BCUT2D eigenvalue weighted by molar-refractivity contribution is 0.0696. The monoisotopic (exact) mass is 362 g/mol. The molecular formula is C22H22N2O3. The first kappa shape index (κ1) is 17.3. The number of hydrogen-bond acceptors (Lipinski definition) is 3. The minimum Gasteiger partial charge on any atom is -0.491 e. The third-order valence-electron chi connectivity index (χ3n) is 5.09. The third kappa shape index (κ3) is 2.99. The van der Waals surface area contributed by atoms with E-state index in [-0.39, 0.29) is 5.56 Å². The molecular weight excluding hydrogens is 340 g/mol. The molecule has 0 bridgehead atoms. The summed E-state index contributed by atoms with van der Waals surface area (Å²) < 4.78 is 7.96. The molecule has 1 aromatic heterocycles. The van der Waals surface area contributed by atoms with Gasteiger partial charge in [-0.05, 0) is 42.7 Å². The van der Waals surface area contributed by atoms with Gasteiger partial charge >= 0.3 is 5.97 Å². The van der Waals surface area contributed by atoms with Crippen LogP contribution in [0.25, 0.3) is 22.6 Å². The van der Waals surface area contributed by atoms with Crippen LogP contribution < -0.4 is 4.74 Å². The Hall–Kier alpha value is -3.08. The van der Waals surface area contributed by atoms with Crippen molar-refractivity contribution >= 4 is 5.97 Å². The summed E-state index contributed by atoms with van der Waals surface area (Å²) in [6.45, 7) is 7.59. The van der Waals surface area contributed by atoms with Crippen LogP contribution in [0.15, 0.2) is 42.5 Å². The summed E-state index contributed by atoms with van der Waals surface area (Å²) in [6.07, 6.45) is 0. The summed E-state index contributed by atoms with van der Waals surface area (Å²) in [6, 6.07) is 13.5. The molecule has 1 aliphatic heterocycles. The number of ether oxygens (including phenoxy) is 1. The van der Waals surface area contributed by atoms with Gasteiger partial charge in [-0.3, -0.25) is 0 Å². The van der Waals surface area contributed by atoms with Crippen LogP contribution >= 0.6 is 0 Å². The maximum atomic E-state index is 11.3. The molecule has 0 aliphatic carbocycles. The minimum absolute atomic E-state index is 0.218. The van der Waals surface area contributed by atoms with Crippen molar-refractivity contribution in [3.8, 4) is 28.4 Å². The van der Waals surface area contributed by atoms with Gasteiger partial charge in [0.05, 0.1) is 23.4 Å². The smallest absolute Gasteiger partial charge is 0.335 e. The van der Waals surface area contributed by atoms with E-state index in [0.717, 1.165) is 28.3 Å². The molecule has 2 heterocycles. The highest BCUT2D eigenvalue weighted by atomic mass is 16.5. The summed E-state index contributed by atoms with van der Waals surface area (Å²) in [5.74, 6) is 0.883. The summed E-state index contributed by atoms with van der Waals surface area (Å²) in [4.78, 5) is 16.2. The number of fused-ring (bicyclic) bond motifs is 3. The second kappa shape index (κ2) is 6.58. The molecule has 138 valence electrons. The van der Waals surface area contributed by atoms with Crippen LogP contribution in [-0.4, -0.2) is 27.2 Å². The van der Waals surface area contributed by atoms with E-state index in [1.807, 2.05) is 0 Å². The first-order valence-corrected chi connectivity index (χ1v) is 9.13. The Morgan fingerprint density at radius 2 is 2.04 bits per heavy atom. The summed E-state index contributed by atoms with van der Waals surface area (Å²) >= 11 is 0. The average molecular weight is 362 g/mol. The van der Waals surface area contributed by atoms with E-state index in [2.05, 4.69) is 49.6 Å². The summed E-state index contributed by atoms with van der Waals surface area (Å²) in [5, 5.41) is 9.24. The van der Waals surface area contributed by atoms with E-state index >= 15 is 0 Å². The second-order valence-electron chi connectivity index (χ2n) is 7.17. The number of hydrogen-bond donors (Lipinski definition) is 1. The van der Waals surface area contributed by atoms with Crippen molar-refractivity contribution in [2.45, 2.75) is 33.2 Å². The Balaban J connectivity index is 1.86. The zero-order valence-corrected chi connectivity index (χ0v) is 15.7. The van der Waals surface area contributed by atoms with Crippen molar-refractivity contribution in [2.75, 3.05) is 6.61 Å². The van der Waals surface area contributed by atoms with Gasteiger partial charge in [0.2, 0.25) is 0 Å². The number of carboxylic acid groups (broad SMARTS) is 1.